The number of aryl methyl sites for hydroxylation is 1. The summed E-state index contributed by atoms with van der Waals surface area (Å²) in [5.74, 6) is 0.513. The van der Waals surface area contributed by atoms with E-state index in [-0.39, 0.29) is 5.91 Å². The minimum absolute atomic E-state index is 0.381. The van der Waals surface area contributed by atoms with Crippen molar-refractivity contribution < 1.29 is 9.53 Å². The first-order valence-electron chi connectivity index (χ1n) is 7.70. The number of methoxy groups -OCH3 is 1. The molecular weight excluding hydrogens is 318 g/mol. The number of nitrogens with two attached hydrogens (primary N) is 1. The second-order valence-electron chi connectivity index (χ2n) is 5.65. The van der Waals surface area contributed by atoms with Gasteiger partial charge in [0.1, 0.15) is 5.75 Å². The normalized spacial score (nSPS) is 10.6. The molecule has 0 saturated carbocycles. The van der Waals surface area contributed by atoms with E-state index >= 15 is 0 Å². The molecule has 0 fully saturated rings. The van der Waals surface area contributed by atoms with Crippen molar-refractivity contribution in [3.63, 3.8) is 0 Å². The molecule has 3 rings (SSSR count). The maximum Gasteiger partial charge on any atom is 0.248 e. The van der Waals surface area contributed by atoms with Crippen LogP contribution in [0.2, 0.25) is 0 Å². The van der Waals surface area contributed by atoms with Crippen LogP contribution in [0, 0.1) is 6.92 Å². The fourth-order valence-corrected chi connectivity index (χ4v) is 3.79. The molecule has 1 aromatic heterocycles. The summed E-state index contributed by atoms with van der Waals surface area (Å²) in [6, 6.07) is 17.9. The maximum absolute atomic E-state index is 11.6. The Kier molecular flexibility index (Phi) is 4.67. The molecular formula is C20H19NO2S. The topological polar surface area (TPSA) is 52.3 Å². The first kappa shape index (κ1) is 16.3. The summed E-state index contributed by atoms with van der Waals surface area (Å²) < 4.78 is 5.32. The summed E-state index contributed by atoms with van der Waals surface area (Å²) >= 11 is 1.73. The van der Waals surface area contributed by atoms with Crippen molar-refractivity contribution in [1.82, 2.24) is 0 Å². The third-order valence-corrected chi connectivity index (χ3v) is 5.12. The van der Waals surface area contributed by atoms with Gasteiger partial charge in [-0.2, -0.15) is 0 Å². The van der Waals surface area contributed by atoms with E-state index in [1.165, 1.54) is 15.3 Å². The zero-order valence-corrected chi connectivity index (χ0v) is 14.5. The van der Waals surface area contributed by atoms with E-state index in [2.05, 4.69) is 24.3 Å². The van der Waals surface area contributed by atoms with Crippen molar-refractivity contribution in [1.29, 1.82) is 0 Å². The van der Waals surface area contributed by atoms with Crippen LogP contribution in [0.5, 0.6) is 5.75 Å². The number of thiophene rings is 1. The van der Waals surface area contributed by atoms with Crippen molar-refractivity contribution in [3.05, 3.63) is 76.2 Å². The van der Waals surface area contributed by atoms with Crippen LogP contribution < -0.4 is 10.5 Å². The lowest BCUT2D eigenvalue weighted by atomic mass is 10.0. The molecule has 122 valence electrons. The zero-order valence-electron chi connectivity index (χ0n) is 13.7. The highest BCUT2D eigenvalue weighted by Crippen LogP contribution is 2.32. The third kappa shape index (κ3) is 3.34. The lowest BCUT2D eigenvalue weighted by Gasteiger charge is -2.06. The number of benzene rings is 2. The molecule has 2 N–H and O–H groups in total. The fraction of sp³-hybridized carbons (Fsp3) is 0.150. The van der Waals surface area contributed by atoms with Crippen molar-refractivity contribution >= 4 is 17.2 Å². The Morgan fingerprint density at radius 3 is 2.62 bits per heavy atom. The molecule has 0 saturated heterocycles. The van der Waals surface area contributed by atoms with Crippen LogP contribution in [-0.4, -0.2) is 13.0 Å². The molecule has 1 amide bonds. The molecule has 0 spiro atoms. The summed E-state index contributed by atoms with van der Waals surface area (Å²) in [5.41, 5.74) is 9.30. The molecule has 4 heteroatoms. The maximum atomic E-state index is 11.6. The van der Waals surface area contributed by atoms with E-state index in [0.29, 0.717) is 12.0 Å². The van der Waals surface area contributed by atoms with Gasteiger partial charge in [-0.3, -0.25) is 4.79 Å². The van der Waals surface area contributed by atoms with Gasteiger partial charge < -0.3 is 10.5 Å². The zero-order chi connectivity index (χ0) is 17.1. The number of hydrogen-bond donors (Lipinski definition) is 1. The van der Waals surface area contributed by atoms with Gasteiger partial charge in [-0.1, -0.05) is 18.2 Å². The fourth-order valence-electron chi connectivity index (χ4n) is 2.76. The number of hydrogen-bond acceptors (Lipinski definition) is 3. The van der Waals surface area contributed by atoms with Gasteiger partial charge in [-0.25, -0.2) is 0 Å². The Balaban J connectivity index is 1.87. The van der Waals surface area contributed by atoms with Crippen LogP contribution in [0.15, 0.2) is 54.6 Å². The molecule has 2 aromatic carbocycles. The predicted octanol–water partition coefficient (Wildman–Crippen LogP) is 4.42. The molecule has 0 unspecified atom stereocenters. The molecule has 3 aromatic rings. The van der Waals surface area contributed by atoms with Crippen LogP contribution in [0.25, 0.3) is 10.4 Å². The number of carbonyl (C=O) groups is 1. The summed E-state index contributed by atoms with van der Waals surface area (Å²) in [6.07, 6.45) is 0.707. The van der Waals surface area contributed by atoms with Gasteiger partial charge in [0.15, 0.2) is 0 Å². The molecule has 1 heterocycles. The van der Waals surface area contributed by atoms with Gasteiger partial charge in [0, 0.05) is 21.7 Å². The Bertz CT molecular complexity index is 883. The van der Waals surface area contributed by atoms with Gasteiger partial charge in [0.2, 0.25) is 5.91 Å². The lowest BCUT2D eigenvalue weighted by Crippen LogP contribution is -2.13. The molecule has 0 aliphatic rings. The number of ether oxygens (including phenoxy) is 1. The Morgan fingerprint density at radius 2 is 1.92 bits per heavy atom. The quantitative estimate of drug-likeness (QED) is 0.749. The summed E-state index contributed by atoms with van der Waals surface area (Å²) in [7, 11) is 1.68. The van der Waals surface area contributed by atoms with Crippen LogP contribution in [0.1, 0.15) is 26.4 Å². The highest BCUT2D eigenvalue weighted by Gasteiger charge is 2.10. The standard InChI is InChI=1S/C20H19NO2S/c1-13-11-15(7-9-18(13)23-2)19-10-8-16(24-19)12-14-5-3-4-6-17(14)20(21)22/h3-11H,12H2,1-2H3,(H2,21,22). The molecule has 0 aliphatic heterocycles. The second-order valence-corrected chi connectivity index (χ2v) is 6.82. The van der Waals surface area contributed by atoms with Crippen molar-refractivity contribution in [2.24, 2.45) is 5.73 Å². The first-order valence-corrected chi connectivity index (χ1v) is 8.51. The third-order valence-electron chi connectivity index (χ3n) is 3.99. The van der Waals surface area contributed by atoms with E-state index in [1.54, 1.807) is 24.5 Å². The highest BCUT2D eigenvalue weighted by atomic mass is 32.1. The number of amides is 1. The van der Waals surface area contributed by atoms with Crippen molar-refractivity contribution in [2.75, 3.05) is 7.11 Å². The van der Waals surface area contributed by atoms with Crippen LogP contribution in [0.4, 0.5) is 0 Å². The monoisotopic (exact) mass is 337 g/mol. The molecule has 0 radical (unpaired) electrons. The van der Waals surface area contributed by atoms with Crippen molar-refractivity contribution in [3.8, 4) is 16.2 Å². The molecule has 0 atom stereocenters. The smallest absolute Gasteiger partial charge is 0.248 e. The highest BCUT2D eigenvalue weighted by molar-refractivity contribution is 7.15. The van der Waals surface area contributed by atoms with E-state index in [1.807, 2.05) is 31.2 Å². The van der Waals surface area contributed by atoms with Crippen LogP contribution in [-0.2, 0) is 6.42 Å². The van der Waals surface area contributed by atoms with E-state index < -0.39 is 0 Å². The van der Waals surface area contributed by atoms with Crippen molar-refractivity contribution in [2.45, 2.75) is 13.3 Å². The minimum Gasteiger partial charge on any atom is -0.496 e. The van der Waals surface area contributed by atoms with Gasteiger partial charge in [-0.15, -0.1) is 11.3 Å². The second kappa shape index (κ2) is 6.89. The average Bonchev–Trinajstić information content (AvgIpc) is 3.03. The average molecular weight is 337 g/mol. The summed E-state index contributed by atoms with van der Waals surface area (Å²) in [6.45, 7) is 2.04. The predicted molar refractivity (Wildman–Crippen MR) is 98.8 cm³/mol. The Labute approximate surface area is 145 Å². The largest absolute Gasteiger partial charge is 0.496 e. The van der Waals surface area contributed by atoms with Crippen LogP contribution in [0.3, 0.4) is 0 Å². The minimum atomic E-state index is -0.381. The van der Waals surface area contributed by atoms with E-state index in [0.717, 1.165) is 16.9 Å². The molecule has 0 bridgehead atoms. The van der Waals surface area contributed by atoms with Gasteiger partial charge in [-0.05, 0) is 60.0 Å². The molecule has 24 heavy (non-hydrogen) atoms. The van der Waals surface area contributed by atoms with E-state index in [4.69, 9.17) is 10.5 Å². The number of rotatable bonds is 5. The molecule has 3 nitrogen and oxygen atoms in total. The SMILES string of the molecule is COc1ccc(-c2ccc(Cc3ccccc3C(N)=O)s2)cc1C. The Hall–Kier alpha value is -2.59. The van der Waals surface area contributed by atoms with E-state index in [9.17, 15) is 4.79 Å². The number of carbonyl (C=O) groups excluding carboxylic acids is 1. The molecule has 0 aliphatic carbocycles. The Morgan fingerprint density at radius 1 is 1.12 bits per heavy atom. The first-order chi connectivity index (χ1) is 11.6. The summed E-state index contributed by atoms with van der Waals surface area (Å²) in [5, 5.41) is 0. The summed E-state index contributed by atoms with van der Waals surface area (Å²) in [4.78, 5) is 14.0. The lowest BCUT2D eigenvalue weighted by molar-refractivity contribution is 0.0999. The van der Waals surface area contributed by atoms with Gasteiger partial charge in [0.25, 0.3) is 0 Å². The van der Waals surface area contributed by atoms with Gasteiger partial charge in [0.05, 0.1) is 7.11 Å². The van der Waals surface area contributed by atoms with Crippen LogP contribution >= 0.6 is 11.3 Å². The van der Waals surface area contributed by atoms with Gasteiger partial charge >= 0.3 is 0 Å². The number of primary amides is 1.